The van der Waals surface area contributed by atoms with Crippen LogP contribution in [-0.2, 0) is 6.54 Å². The molecule has 130 valence electrons. The molecule has 25 heavy (non-hydrogen) atoms. The highest BCUT2D eigenvalue weighted by Crippen LogP contribution is 2.18. The number of methoxy groups -OCH3 is 1. The van der Waals surface area contributed by atoms with E-state index >= 15 is 0 Å². The number of para-hydroxylation sites is 1. The molecular weight excluding hydrogens is 310 g/mol. The zero-order chi connectivity index (χ0) is 17.3. The van der Waals surface area contributed by atoms with Gasteiger partial charge < -0.3 is 4.74 Å². The van der Waals surface area contributed by atoms with Crippen molar-refractivity contribution in [3.63, 3.8) is 0 Å². The van der Waals surface area contributed by atoms with Gasteiger partial charge in [0.25, 0.3) is 0 Å². The summed E-state index contributed by atoms with van der Waals surface area (Å²) in [7, 11) is 1.69. The third-order valence-electron chi connectivity index (χ3n) is 4.33. The van der Waals surface area contributed by atoms with Crippen LogP contribution in [0.1, 0.15) is 11.1 Å². The molecule has 0 radical (unpaired) electrons. The van der Waals surface area contributed by atoms with Crippen molar-refractivity contribution in [1.82, 2.24) is 9.91 Å². The molecule has 0 spiro atoms. The molecule has 0 unspecified atom stereocenters. The minimum absolute atomic E-state index is 0.877. The van der Waals surface area contributed by atoms with Gasteiger partial charge in [-0.15, -0.1) is 0 Å². The zero-order valence-electron chi connectivity index (χ0n) is 14.7. The second kappa shape index (κ2) is 9.04. The van der Waals surface area contributed by atoms with Crippen molar-refractivity contribution in [2.45, 2.75) is 6.54 Å². The lowest BCUT2D eigenvalue weighted by Gasteiger charge is -2.32. The average Bonchev–Trinajstić information content (AvgIpc) is 2.67. The van der Waals surface area contributed by atoms with Crippen LogP contribution in [0, 0.1) is 0 Å². The van der Waals surface area contributed by atoms with Crippen LogP contribution in [0.15, 0.2) is 65.8 Å². The topological polar surface area (TPSA) is 28.1 Å². The van der Waals surface area contributed by atoms with Crippen molar-refractivity contribution >= 4 is 12.3 Å². The molecule has 2 aromatic carbocycles. The molecule has 0 amide bonds. The van der Waals surface area contributed by atoms with Gasteiger partial charge in [0.2, 0.25) is 0 Å². The molecule has 0 N–H and O–H groups in total. The summed E-state index contributed by atoms with van der Waals surface area (Å²) in [4.78, 5) is 2.48. The van der Waals surface area contributed by atoms with E-state index in [4.69, 9.17) is 4.74 Å². The van der Waals surface area contributed by atoms with E-state index in [2.05, 4.69) is 45.3 Å². The van der Waals surface area contributed by atoms with Gasteiger partial charge in [0, 0.05) is 44.5 Å². The maximum Gasteiger partial charge on any atom is 0.126 e. The Balaban J connectivity index is 1.45. The lowest BCUT2D eigenvalue weighted by atomic mass is 10.2. The standard InChI is InChI=1S/C21H25N3O/c1-25-21-12-6-5-10-20(21)11-7-13-22-24-16-14-23(15-17-24)18-19-8-3-2-4-9-19/h2-13H,14-18H2,1H3/b11-7+,22-13-. The van der Waals surface area contributed by atoms with Crippen molar-refractivity contribution in [1.29, 1.82) is 0 Å². The SMILES string of the molecule is COc1ccccc1/C=C/C=N\N1CCN(Cc2ccccc2)CC1. The summed E-state index contributed by atoms with van der Waals surface area (Å²) in [5, 5.41) is 6.68. The zero-order valence-corrected chi connectivity index (χ0v) is 14.7. The first-order chi connectivity index (χ1) is 12.3. The Morgan fingerprint density at radius 1 is 0.960 bits per heavy atom. The lowest BCUT2D eigenvalue weighted by molar-refractivity contribution is 0.131. The lowest BCUT2D eigenvalue weighted by Crippen LogP contribution is -2.43. The van der Waals surface area contributed by atoms with Crippen molar-refractivity contribution in [3.05, 3.63) is 71.8 Å². The van der Waals surface area contributed by atoms with Crippen LogP contribution in [0.4, 0.5) is 0 Å². The number of rotatable bonds is 6. The number of ether oxygens (including phenoxy) is 1. The third-order valence-corrected chi connectivity index (χ3v) is 4.33. The van der Waals surface area contributed by atoms with E-state index in [0.717, 1.165) is 44.0 Å². The molecule has 0 atom stereocenters. The second-order valence-electron chi connectivity index (χ2n) is 6.08. The molecule has 1 fully saturated rings. The molecular formula is C21H25N3O. The highest BCUT2D eigenvalue weighted by Gasteiger charge is 2.14. The minimum atomic E-state index is 0.877. The average molecular weight is 335 g/mol. The van der Waals surface area contributed by atoms with Crippen LogP contribution in [0.3, 0.4) is 0 Å². The van der Waals surface area contributed by atoms with E-state index in [1.165, 1.54) is 5.56 Å². The fourth-order valence-corrected chi connectivity index (χ4v) is 2.94. The van der Waals surface area contributed by atoms with Gasteiger partial charge in [-0.1, -0.05) is 48.5 Å². The molecule has 3 rings (SSSR count). The number of allylic oxidation sites excluding steroid dienone is 1. The van der Waals surface area contributed by atoms with Gasteiger partial charge in [-0.25, -0.2) is 0 Å². The van der Waals surface area contributed by atoms with E-state index < -0.39 is 0 Å². The predicted molar refractivity (Wildman–Crippen MR) is 104 cm³/mol. The summed E-state index contributed by atoms with van der Waals surface area (Å²) in [6.45, 7) is 5.04. The first-order valence-corrected chi connectivity index (χ1v) is 8.70. The Morgan fingerprint density at radius 2 is 1.68 bits per heavy atom. The first kappa shape index (κ1) is 17.2. The molecule has 1 aliphatic heterocycles. The van der Waals surface area contributed by atoms with Crippen LogP contribution in [0.25, 0.3) is 6.08 Å². The minimum Gasteiger partial charge on any atom is -0.496 e. The largest absolute Gasteiger partial charge is 0.496 e. The molecule has 0 saturated carbocycles. The van der Waals surface area contributed by atoms with E-state index in [9.17, 15) is 0 Å². The highest BCUT2D eigenvalue weighted by molar-refractivity contribution is 5.79. The van der Waals surface area contributed by atoms with Crippen LogP contribution >= 0.6 is 0 Å². The number of piperazine rings is 1. The number of nitrogens with zero attached hydrogens (tertiary/aromatic N) is 3. The van der Waals surface area contributed by atoms with Crippen LogP contribution in [0.2, 0.25) is 0 Å². The van der Waals surface area contributed by atoms with Gasteiger partial charge in [-0.3, -0.25) is 9.91 Å². The number of hydrogen-bond donors (Lipinski definition) is 0. The summed E-state index contributed by atoms with van der Waals surface area (Å²) < 4.78 is 5.34. The normalized spacial score (nSPS) is 16.0. The van der Waals surface area contributed by atoms with Crippen LogP contribution < -0.4 is 4.74 Å². The monoisotopic (exact) mass is 335 g/mol. The van der Waals surface area contributed by atoms with E-state index in [-0.39, 0.29) is 0 Å². The molecule has 2 aromatic rings. The Kier molecular flexibility index (Phi) is 6.23. The van der Waals surface area contributed by atoms with Crippen molar-refractivity contribution in [3.8, 4) is 5.75 Å². The van der Waals surface area contributed by atoms with Gasteiger partial charge in [-0.2, -0.15) is 5.10 Å². The number of benzene rings is 2. The summed E-state index contributed by atoms with van der Waals surface area (Å²) in [5.41, 5.74) is 2.43. The summed E-state index contributed by atoms with van der Waals surface area (Å²) in [5.74, 6) is 0.877. The second-order valence-corrected chi connectivity index (χ2v) is 6.08. The van der Waals surface area contributed by atoms with Gasteiger partial charge in [0.05, 0.1) is 7.11 Å². The summed E-state index contributed by atoms with van der Waals surface area (Å²) in [6, 6.07) is 18.6. The van der Waals surface area contributed by atoms with Gasteiger partial charge in [-0.05, 0) is 23.8 Å². The van der Waals surface area contributed by atoms with E-state index in [0.29, 0.717) is 0 Å². The molecule has 1 aliphatic rings. The van der Waals surface area contributed by atoms with Gasteiger partial charge in [0.1, 0.15) is 5.75 Å². The molecule has 4 nitrogen and oxygen atoms in total. The van der Waals surface area contributed by atoms with Crippen molar-refractivity contribution in [2.75, 3.05) is 33.3 Å². The number of hydrogen-bond acceptors (Lipinski definition) is 4. The Bertz CT molecular complexity index is 704. The van der Waals surface area contributed by atoms with Gasteiger partial charge in [0.15, 0.2) is 0 Å². The molecule has 4 heteroatoms. The molecule has 0 aromatic heterocycles. The van der Waals surface area contributed by atoms with Crippen molar-refractivity contribution in [2.24, 2.45) is 5.10 Å². The maximum atomic E-state index is 5.34. The van der Waals surface area contributed by atoms with Crippen molar-refractivity contribution < 1.29 is 4.74 Å². The maximum absolute atomic E-state index is 5.34. The smallest absolute Gasteiger partial charge is 0.126 e. The Morgan fingerprint density at radius 3 is 2.44 bits per heavy atom. The summed E-state index contributed by atoms with van der Waals surface area (Å²) >= 11 is 0. The number of hydrazone groups is 1. The molecule has 0 aliphatic carbocycles. The highest BCUT2D eigenvalue weighted by atomic mass is 16.5. The fraction of sp³-hybridized carbons (Fsp3) is 0.286. The first-order valence-electron chi connectivity index (χ1n) is 8.70. The van der Waals surface area contributed by atoms with Crippen LogP contribution in [-0.4, -0.2) is 49.4 Å². The van der Waals surface area contributed by atoms with E-state index in [1.54, 1.807) is 7.11 Å². The van der Waals surface area contributed by atoms with Gasteiger partial charge >= 0.3 is 0 Å². The quantitative estimate of drug-likeness (QED) is 0.756. The molecule has 0 bridgehead atoms. The Labute approximate surface area is 150 Å². The molecule has 1 saturated heterocycles. The Hall–Kier alpha value is -2.59. The summed E-state index contributed by atoms with van der Waals surface area (Å²) in [6.07, 6.45) is 5.85. The van der Waals surface area contributed by atoms with Crippen LogP contribution in [0.5, 0.6) is 5.75 Å². The predicted octanol–water partition coefficient (Wildman–Crippen LogP) is 3.51. The van der Waals surface area contributed by atoms with E-state index in [1.807, 2.05) is 42.6 Å². The fourth-order valence-electron chi connectivity index (χ4n) is 2.94. The molecule has 1 heterocycles. The third kappa shape index (κ3) is 5.19.